The van der Waals surface area contributed by atoms with Gasteiger partial charge in [-0.25, -0.2) is 0 Å². The van der Waals surface area contributed by atoms with Gasteiger partial charge in [0, 0.05) is 13.0 Å². The summed E-state index contributed by atoms with van der Waals surface area (Å²) in [6.07, 6.45) is 3.69. The van der Waals surface area contributed by atoms with Crippen LogP contribution in [0.25, 0.3) is 0 Å². The van der Waals surface area contributed by atoms with Gasteiger partial charge in [0.25, 0.3) is 0 Å². The zero-order valence-corrected chi connectivity index (χ0v) is 12.4. The maximum atomic E-state index is 10.4. The van der Waals surface area contributed by atoms with Gasteiger partial charge in [0.05, 0.1) is 28.1 Å². The first-order valence-electron chi connectivity index (χ1n) is 7.16. The van der Waals surface area contributed by atoms with E-state index in [2.05, 4.69) is 5.10 Å². The molecule has 1 atom stereocenters. The summed E-state index contributed by atoms with van der Waals surface area (Å²) in [4.78, 5) is 0. The number of hydrogen-bond donors (Lipinski definition) is 2. The molecule has 19 heavy (non-hydrogen) atoms. The number of nitrogens with zero attached hydrogens (tertiary/aromatic N) is 2. The molecule has 1 aliphatic carbocycles. The third-order valence-electron chi connectivity index (χ3n) is 4.17. The van der Waals surface area contributed by atoms with Crippen LogP contribution in [0.2, 0.25) is 5.02 Å². The van der Waals surface area contributed by atoms with Crippen LogP contribution in [0.5, 0.6) is 0 Å². The van der Waals surface area contributed by atoms with Crippen molar-refractivity contribution in [3.63, 3.8) is 0 Å². The highest BCUT2D eigenvalue weighted by molar-refractivity contribution is 6.31. The van der Waals surface area contributed by atoms with Crippen LogP contribution in [-0.4, -0.2) is 31.7 Å². The summed E-state index contributed by atoms with van der Waals surface area (Å²) in [5.74, 6) is 0. The van der Waals surface area contributed by atoms with Crippen molar-refractivity contribution in [3.05, 3.63) is 16.4 Å². The van der Waals surface area contributed by atoms with E-state index in [1.54, 1.807) is 0 Å². The number of halogens is 1. The lowest BCUT2D eigenvalue weighted by Gasteiger charge is -2.28. The highest BCUT2D eigenvalue weighted by atomic mass is 35.5. The maximum Gasteiger partial charge on any atom is 0.0909 e. The molecule has 1 fully saturated rings. The predicted molar refractivity (Wildman–Crippen MR) is 75.4 cm³/mol. The van der Waals surface area contributed by atoms with Gasteiger partial charge in [-0.05, 0) is 26.2 Å². The van der Waals surface area contributed by atoms with Crippen molar-refractivity contribution in [2.24, 2.45) is 0 Å². The van der Waals surface area contributed by atoms with Crippen molar-refractivity contribution < 1.29 is 10.2 Å². The van der Waals surface area contributed by atoms with Gasteiger partial charge in [0.2, 0.25) is 0 Å². The molecule has 5 heteroatoms. The summed E-state index contributed by atoms with van der Waals surface area (Å²) in [6.45, 7) is 4.74. The Labute approximate surface area is 119 Å². The number of hydrogen-bond acceptors (Lipinski definition) is 3. The molecule has 0 saturated heterocycles. The minimum Gasteiger partial charge on any atom is -0.390 e. The van der Waals surface area contributed by atoms with Crippen molar-refractivity contribution in [2.75, 3.05) is 0 Å². The summed E-state index contributed by atoms with van der Waals surface area (Å²) >= 11 is 6.33. The number of aliphatic hydroxyl groups is 2. The zero-order chi connectivity index (χ0) is 14.0. The molecule has 1 saturated carbocycles. The van der Waals surface area contributed by atoms with Crippen molar-refractivity contribution in [1.82, 2.24) is 9.78 Å². The topological polar surface area (TPSA) is 58.3 Å². The van der Waals surface area contributed by atoms with E-state index in [-0.39, 0.29) is 0 Å². The van der Waals surface area contributed by atoms with E-state index < -0.39 is 11.7 Å². The molecule has 0 spiro atoms. The summed E-state index contributed by atoms with van der Waals surface area (Å²) in [6, 6.07) is 0. The first-order chi connectivity index (χ1) is 9.01. The Hall–Kier alpha value is -0.580. The quantitative estimate of drug-likeness (QED) is 0.873. The van der Waals surface area contributed by atoms with Gasteiger partial charge < -0.3 is 10.2 Å². The van der Waals surface area contributed by atoms with E-state index in [0.717, 1.165) is 37.2 Å². The van der Waals surface area contributed by atoms with Gasteiger partial charge in [0.1, 0.15) is 0 Å². The molecule has 2 rings (SSSR count). The third-order valence-corrected chi connectivity index (χ3v) is 4.61. The summed E-state index contributed by atoms with van der Waals surface area (Å²) in [5.41, 5.74) is 0.761. The lowest BCUT2D eigenvalue weighted by molar-refractivity contribution is -0.0696. The Morgan fingerprint density at radius 3 is 2.53 bits per heavy atom. The van der Waals surface area contributed by atoms with Crippen LogP contribution in [0.1, 0.15) is 50.9 Å². The van der Waals surface area contributed by atoms with E-state index in [1.165, 1.54) is 0 Å². The van der Waals surface area contributed by atoms with Crippen molar-refractivity contribution in [1.29, 1.82) is 0 Å². The van der Waals surface area contributed by atoms with Crippen LogP contribution >= 0.6 is 11.6 Å². The molecule has 1 aromatic rings. The molecule has 0 radical (unpaired) electrons. The lowest BCUT2D eigenvalue weighted by atomic mass is 9.91. The Bertz CT molecular complexity index is 439. The third kappa shape index (κ3) is 2.81. The van der Waals surface area contributed by atoms with Gasteiger partial charge in [-0.1, -0.05) is 31.4 Å². The SMILES string of the molecule is CCc1nn(CC)c(CC(O)C2(O)CCCC2)c1Cl. The van der Waals surface area contributed by atoms with Crippen LogP contribution in [0.15, 0.2) is 0 Å². The van der Waals surface area contributed by atoms with Crippen molar-refractivity contribution in [2.45, 2.75) is 70.6 Å². The summed E-state index contributed by atoms with van der Waals surface area (Å²) in [7, 11) is 0. The predicted octanol–water partition coefficient (Wildman–Crippen LogP) is 2.33. The van der Waals surface area contributed by atoms with Gasteiger partial charge in [-0.2, -0.15) is 5.10 Å². The van der Waals surface area contributed by atoms with Crippen LogP contribution in [0.3, 0.4) is 0 Å². The molecule has 0 bridgehead atoms. The van der Waals surface area contributed by atoms with Crippen LogP contribution in [0, 0.1) is 0 Å². The van der Waals surface area contributed by atoms with E-state index >= 15 is 0 Å². The normalized spacial score (nSPS) is 19.8. The van der Waals surface area contributed by atoms with E-state index in [1.807, 2.05) is 18.5 Å². The minimum absolute atomic E-state index is 0.371. The second-order valence-corrected chi connectivity index (χ2v) is 5.79. The van der Waals surface area contributed by atoms with Gasteiger partial charge in [-0.15, -0.1) is 0 Å². The number of rotatable bonds is 5. The van der Waals surface area contributed by atoms with Gasteiger partial charge in [0.15, 0.2) is 0 Å². The minimum atomic E-state index is -0.946. The van der Waals surface area contributed by atoms with Gasteiger partial charge >= 0.3 is 0 Å². The molecule has 0 amide bonds. The molecule has 108 valence electrons. The second kappa shape index (κ2) is 5.81. The Morgan fingerprint density at radius 2 is 2.00 bits per heavy atom. The van der Waals surface area contributed by atoms with E-state index in [9.17, 15) is 10.2 Å². The average molecular weight is 287 g/mol. The Balaban J connectivity index is 2.20. The molecule has 0 aromatic carbocycles. The van der Waals surface area contributed by atoms with E-state index in [0.29, 0.717) is 24.3 Å². The Kier molecular flexibility index (Phi) is 4.54. The number of aryl methyl sites for hydroxylation is 2. The fourth-order valence-electron chi connectivity index (χ4n) is 2.91. The highest BCUT2D eigenvalue weighted by Gasteiger charge is 2.39. The fraction of sp³-hybridized carbons (Fsp3) is 0.786. The molecular formula is C14H23ClN2O2. The molecule has 1 heterocycles. The van der Waals surface area contributed by atoms with Crippen molar-refractivity contribution >= 4 is 11.6 Å². The molecule has 1 unspecified atom stereocenters. The van der Waals surface area contributed by atoms with Crippen LogP contribution in [0.4, 0.5) is 0 Å². The smallest absolute Gasteiger partial charge is 0.0909 e. The standard InChI is InChI=1S/C14H23ClN2O2/c1-3-10-13(15)11(17(4-2)16-10)9-12(18)14(19)7-5-6-8-14/h12,18-19H,3-9H2,1-2H3. The summed E-state index contributed by atoms with van der Waals surface area (Å²) < 4.78 is 1.84. The van der Waals surface area contributed by atoms with Crippen LogP contribution < -0.4 is 0 Å². The lowest BCUT2D eigenvalue weighted by Crippen LogP contribution is -2.41. The molecule has 4 nitrogen and oxygen atoms in total. The molecule has 1 aliphatic rings. The van der Waals surface area contributed by atoms with E-state index in [4.69, 9.17) is 11.6 Å². The number of aliphatic hydroxyl groups excluding tert-OH is 1. The first kappa shape index (κ1) is 14.8. The maximum absolute atomic E-state index is 10.4. The van der Waals surface area contributed by atoms with Crippen molar-refractivity contribution in [3.8, 4) is 0 Å². The largest absolute Gasteiger partial charge is 0.390 e. The molecular weight excluding hydrogens is 264 g/mol. The summed E-state index contributed by atoms with van der Waals surface area (Å²) in [5, 5.41) is 25.8. The highest BCUT2D eigenvalue weighted by Crippen LogP contribution is 2.35. The second-order valence-electron chi connectivity index (χ2n) is 5.41. The monoisotopic (exact) mass is 286 g/mol. The number of aromatic nitrogens is 2. The molecule has 1 aromatic heterocycles. The zero-order valence-electron chi connectivity index (χ0n) is 11.7. The molecule has 0 aliphatic heterocycles. The van der Waals surface area contributed by atoms with Gasteiger partial charge in [-0.3, -0.25) is 4.68 Å². The fourth-order valence-corrected chi connectivity index (χ4v) is 3.25. The van der Waals surface area contributed by atoms with Crippen LogP contribution in [-0.2, 0) is 19.4 Å². The first-order valence-corrected chi connectivity index (χ1v) is 7.54. The Morgan fingerprint density at radius 1 is 1.37 bits per heavy atom. The average Bonchev–Trinajstić information content (AvgIpc) is 2.96. The molecule has 2 N–H and O–H groups in total.